The number of carbonyl (C=O) groups excluding carboxylic acids is 6. The third kappa shape index (κ3) is 13.2. The molecular weight excluding hydrogens is 901 g/mol. The molecule has 2 aromatic rings. The van der Waals surface area contributed by atoms with Crippen molar-refractivity contribution in [3.8, 4) is 0 Å². The molecule has 4 aliphatic carbocycles. The van der Waals surface area contributed by atoms with Crippen LogP contribution in [0.15, 0.2) is 60.7 Å². The van der Waals surface area contributed by atoms with Crippen LogP contribution >= 0.6 is 0 Å². The maximum absolute atomic E-state index is 14.3. The lowest BCUT2D eigenvalue weighted by Gasteiger charge is -2.63. The van der Waals surface area contributed by atoms with E-state index in [0.717, 1.165) is 36.8 Å². The molecular formula is C56H84N6O9. The van der Waals surface area contributed by atoms with Gasteiger partial charge < -0.3 is 47.6 Å². The average Bonchev–Trinajstić information content (AvgIpc) is 3.66. The van der Waals surface area contributed by atoms with E-state index < -0.39 is 77.9 Å². The molecule has 0 spiro atoms. The van der Waals surface area contributed by atoms with Crippen molar-refractivity contribution in [2.24, 2.45) is 63.9 Å². The Hall–Kier alpha value is -4.86. The van der Waals surface area contributed by atoms with Gasteiger partial charge in [-0.25, -0.2) is 0 Å². The molecule has 0 unspecified atom stereocenters. The van der Waals surface area contributed by atoms with Crippen molar-refractivity contribution >= 4 is 35.4 Å². The van der Waals surface area contributed by atoms with Crippen molar-refractivity contribution in [1.29, 1.82) is 0 Å². The van der Waals surface area contributed by atoms with Crippen LogP contribution in [0.1, 0.15) is 131 Å². The summed E-state index contributed by atoms with van der Waals surface area (Å²) in [5.74, 6) is -3.02. The second-order valence-corrected chi connectivity index (χ2v) is 23.2. The molecule has 0 radical (unpaired) electrons. The highest BCUT2D eigenvalue weighted by Gasteiger charge is 2.65. The Bertz CT molecular complexity index is 2160. The number of primary amides is 1. The molecule has 0 saturated heterocycles. The second kappa shape index (κ2) is 23.8. The fourth-order valence-corrected chi connectivity index (χ4v) is 13.6. The van der Waals surface area contributed by atoms with E-state index in [9.17, 15) is 44.1 Å². The topological polar surface area (TPSA) is 249 Å². The lowest BCUT2D eigenvalue weighted by molar-refractivity contribution is -0.213. The fourth-order valence-electron chi connectivity index (χ4n) is 13.6. The molecule has 4 saturated carbocycles. The number of benzene rings is 2. The van der Waals surface area contributed by atoms with Gasteiger partial charge in [0.2, 0.25) is 35.4 Å². The first-order valence-electron chi connectivity index (χ1n) is 26.4. The van der Waals surface area contributed by atoms with Crippen molar-refractivity contribution in [3.63, 3.8) is 0 Å². The van der Waals surface area contributed by atoms with Gasteiger partial charge in [0.05, 0.1) is 18.3 Å². The molecule has 0 heterocycles. The number of aliphatic hydroxyl groups excluding tert-OH is 3. The number of amides is 6. The number of hydrogen-bond donors (Lipinski definition) is 9. The Balaban J connectivity index is 1.10. The van der Waals surface area contributed by atoms with Gasteiger partial charge in [0.15, 0.2) is 0 Å². The number of hydrogen-bond acceptors (Lipinski definition) is 9. The van der Waals surface area contributed by atoms with Gasteiger partial charge in [-0.2, -0.15) is 0 Å². The molecule has 15 heteroatoms. The van der Waals surface area contributed by atoms with Crippen LogP contribution in [0, 0.1) is 58.2 Å². The predicted molar refractivity (Wildman–Crippen MR) is 272 cm³/mol. The van der Waals surface area contributed by atoms with Crippen LogP contribution in [0.4, 0.5) is 0 Å². The third-order valence-electron chi connectivity index (χ3n) is 17.4. The van der Waals surface area contributed by atoms with Crippen LogP contribution in [-0.4, -0.2) is 99.3 Å². The van der Waals surface area contributed by atoms with E-state index in [-0.39, 0.29) is 83.5 Å². The third-order valence-corrected chi connectivity index (χ3v) is 17.4. The van der Waals surface area contributed by atoms with E-state index in [0.29, 0.717) is 32.1 Å². The number of carbonyl (C=O) groups is 6. The summed E-state index contributed by atoms with van der Waals surface area (Å²) < 4.78 is 0. The smallest absolute Gasteiger partial charge is 0.243 e. The van der Waals surface area contributed by atoms with Gasteiger partial charge in [0.25, 0.3) is 0 Å². The Morgan fingerprint density at radius 2 is 1.23 bits per heavy atom. The van der Waals surface area contributed by atoms with Crippen molar-refractivity contribution in [2.45, 2.75) is 181 Å². The van der Waals surface area contributed by atoms with E-state index in [4.69, 9.17) is 5.73 Å². The number of nitrogens with two attached hydrogens (primary N) is 1. The van der Waals surface area contributed by atoms with Crippen molar-refractivity contribution in [3.05, 3.63) is 71.8 Å². The molecule has 6 amide bonds. The molecule has 2 aromatic carbocycles. The van der Waals surface area contributed by atoms with Gasteiger partial charge in [-0.15, -0.1) is 0 Å². The van der Waals surface area contributed by atoms with Gasteiger partial charge >= 0.3 is 0 Å². The zero-order chi connectivity index (χ0) is 51.9. The van der Waals surface area contributed by atoms with E-state index in [1.54, 1.807) is 26.0 Å². The number of aliphatic hydroxyl groups is 3. The molecule has 0 aromatic heterocycles. The predicted octanol–water partition coefficient (Wildman–Crippen LogP) is 4.48. The van der Waals surface area contributed by atoms with Crippen LogP contribution in [0.5, 0.6) is 0 Å². The van der Waals surface area contributed by atoms with Crippen LogP contribution < -0.4 is 32.3 Å². The molecule has 16 atom stereocenters. The Morgan fingerprint density at radius 1 is 0.662 bits per heavy atom. The molecule has 0 bridgehead atoms. The van der Waals surface area contributed by atoms with Crippen LogP contribution in [-0.2, 0) is 41.6 Å². The molecule has 4 fully saturated rings. The number of rotatable bonds is 21. The van der Waals surface area contributed by atoms with E-state index in [1.165, 1.54) is 6.92 Å². The fraction of sp³-hybridized carbons (Fsp3) is 0.679. The van der Waals surface area contributed by atoms with E-state index in [1.807, 2.05) is 62.4 Å². The largest absolute Gasteiger partial charge is 0.393 e. The summed E-state index contributed by atoms with van der Waals surface area (Å²) in [6.07, 6.45) is 5.33. The minimum atomic E-state index is -1.18. The standard InChI is InChI=1S/C56H84N6O9/c1-31(2)25-41(59-46(66)22-19-33(5)39-20-21-40-47-44(64)29-37-28-38(63)23-24-55(37,7)48(47)45(65)30-56(39,40)8)53(70)62-49(32(3)4)54(71)61-43(27-36-17-13-10-14-18-36)52(69)60-42(26-35-15-11-9-12-16-35)51(68)58-34(6)50(57)67/h9-18,31-34,37-45,47-49,63-65H,19-30H2,1-8H3,(H2,57,67)(H,58,68)(H,59,66)(H,60,69)(H,61,71)(H,62,70)/t33-,34-,37+,38-,39-,40+,41-,42-,43-,44-,45-,47-,48+,49-,55+,56-/m1/s1. The molecule has 10 N–H and O–H groups in total. The second-order valence-electron chi connectivity index (χ2n) is 23.2. The van der Waals surface area contributed by atoms with Gasteiger partial charge in [-0.1, -0.05) is 109 Å². The van der Waals surface area contributed by atoms with Crippen LogP contribution in [0.25, 0.3) is 0 Å². The molecule has 6 rings (SSSR count). The lowest BCUT2D eigenvalue weighted by atomic mass is 9.43. The molecule has 0 aliphatic heterocycles. The summed E-state index contributed by atoms with van der Waals surface area (Å²) in [6, 6.07) is 12.8. The van der Waals surface area contributed by atoms with Gasteiger partial charge in [-0.05, 0) is 134 Å². The van der Waals surface area contributed by atoms with Crippen molar-refractivity contribution < 1.29 is 44.1 Å². The van der Waals surface area contributed by atoms with Crippen LogP contribution in [0.3, 0.4) is 0 Å². The SMILES string of the molecule is CC(C)C[C@@H](NC(=O)CC[C@@H](C)[C@H]1CC[C@H]2[C@H]3[C@H]([C@H](O)C[C@]12C)[C@@]1(C)CC[C@@H](O)C[C@H]1C[C@H]3O)C(=O)N[C@@H](C(=O)N[C@H](Cc1ccccc1)C(=O)N[C@H](Cc1ccccc1)C(=O)N[C@H](C)C(N)=O)C(C)C. The summed E-state index contributed by atoms with van der Waals surface area (Å²) in [6.45, 7) is 15.7. The Kier molecular flexibility index (Phi) is 18.6. The maximum atomic E-state index is 14.3. The first kappa shape index (κ1) is 55.5. The average molecular weight is 985 g/mol. The Labute approximate surface area is 421 Å². The molecule has 4 aliphatic rings. The summed E-state index contributed by atoms with van der Waals surface area (Å²) in [5.41, 5.74) is 6.60. The first-order valence-corrected chi connectivity index (χ1v) is 26.4. The van der Waals surface area contributed by atoms with E-state index >= 15 is 0 Å². The Morgan fingerprint density at radius 3 is 1.79 bits per heavy atom. The highest BCUT2D eigenvalue weighted by Crippen LogP contribution is 2.68. The summed E-state index contributed by atoms with van der Waals surface area (Å²) >= 11 is 0. The van der Waals surface area contributed by atoms with Gasteiger partial charge in [0, 0.05) is 19.3 Å². The normalized spacial score (nSPS) is 30.5. The summed E-state index contributed by atoms with van der Waals surface area (Å²) in [7, 11) is 0. The van der Waals surface area contributed by atoms with Gasteiger partial charge in [-0.3, -0.25) is 28.8 Å². The van der Waals surface area contributed by atoms with Crippen molar-refractivity contribution in [2.75, 3.05) is 0 Å². The molecule has 71 heavy (non-hydrogen) atoms. The zero-order valence-corrected chi connectivity index (χ0v) is 43.4. The summed E-state index contributed by atoms with van der Waals surface area (Å²) in [4.78, 5) is 82.0. The number of fused-ring (bicyclic) bond motifs is 5. The number of nitrogens with one attached hydrogen (secondary N) is 5. The minimum absolute atomic E-state index is 0.00480. The van der Waals surface area contributed by atoms with Gasteiger partial charge in [0.1, 0.15) is 30.2 Å². The minimum Gasteiger partial charge on any atom is -0.393 e. The quantitative estimate of drug-likeness (QED) is 0.0855. The van der Waals surface area contributed by atoms with E-state index in [2.05, 4.69) is 47.4 Å². The molecule has 15 nitrogen and oxygen atoms in total. The molecule has 392 valence electrons. The first-order chi connectivity index (χ1) is 33.5. The maximum Gasteiger partial charge on any atom is 0.243 e. The monoisotopic (exact) mass is 985 g/mol. The van der Waals surface area contributed by atoms with Crippen LogP contribution in [0.2, 0.25) is 0 Å². The summed E-state index contributed by atoms with van der Waals surface area (Å²) in [5, 5.41) is 48.3. The highest BCUT2D eigenvalue weighted by atomic mass is 16.3. The zero-order valence-electron chi connectivity index (χ0n) is 43.4. The highest BCUT2D eigenvalue weighted by molar-refractivity contribution is 5.96. The van der Waals surface area contributed by atoms with Crippen molar-refractivity contribution in [1.82, 2.24) is 26.6 Å². The lowest BCUT2D eigenvalue weighted by Crippen LogP contribution is -2.63.